The molecule has 1 aromatic heterocycles. The lowest BCUT2D eigenvalue weighted by atomic mass is 9.84. The predicted octanol–water partition coefficient (Wildman–Crippen LogP) is 4.15. The molecule has 2 aromatic rings. The van der Waals surface area contributed by atoms with Gasteiger partial charge in [0.2, 0.25) is 0 Å². The molecule has 25 heavy (non-hydrogen) atoms. The lowest BCUT2D eigenvalue weighted by molar-refractivity contribution is 0.0896. The number of amides is 1. The third-order valence-corrected chi connectivity index (χ3v) is 4.81. The first-order chi connectivity index (χ1) is 12.2. The number of hydrogen-bond donors (Lipinski definition) is 1. The van der Waals surface area contributed by atoms with Crippen molar-refractivity contribution in [3.8, 4) is 11.3 Å². The number of hydrogen-bond acceptors (Lipinski definition) is 4. The van der Waals surface area contributed by atoms with Gasteiger partial charge in [-0.05, 0) is 31.2 Å². The van der Waals surface area contributed by atoms with E-state index in [0.717, 1.165) is 5.56 Å². The summed E-state index contributed by atoms with van der Waals surface area (Å²) < 4.78 is 10.4. The predicted molar refractivity (Wildman–Crippen MR) is 96.6 cm³/mol. The van der Waals surface area contributed by atoms with Crippen molar-refractivity contribution in [2.75, 3.05) is 13.7 Å². The Morgan fingerprint density at radius 1 is 1.28 bits per heavy atom. The van der Waals surface area contributed by atoms with Crippen molar-refractivity contribution >= 4 is 5.91 Å². The molecule has 1 amide bonds. The fourth-order valence-corrected chi connectivity index (χ4v) is 3.46. The molecular formula is C20H26N2O3. The van der Waals surface area contributed by atoms with Crippen LogP contribution in [0.1, 0.15) is 61.0 Å². The van der Waals surface area contributed by atoms with Crippen LogP contribution in [-0.2, 0) is 4.74 Å². The molecule has 0 aliphatic heterocycles. The number of benzene rings is 1. The first kappa shape index (κ1) is 17.7. The Labute approximate surface area is 148 Å². The van der Waals surface area contributed by atoms with E-state index in [1.165, 1.54) is 37.7 Å². The van der Waals surface area contributed by atoms with Gasteiger partial charge in [-0.1, -0.05) is 48.7 Å². The lowest BCUT2D eigenvalue weighted by Gasteiger charge is -2.21. The highest BCUT2D eigenvalue weighted by molar-refractivity contribution is 5.93. The molecule has 0 spiro atoms. The summed E-state index contributed by atoms with van der Waals surface area (Å²) in [7, 11) is 1.61. The van der Waals surface area contributed by atoms with Crippen LogP contribution in [0.5, 0.6) is 0 Å². The summed E-state index contributed by atoms with van der Waals surface area (Å²) in [6, 6.07) is 10.1. The molecule has 0 saturated heterocycles. The normalized spacial score (nSPS) is 16.6. The number of rotatable bonds is 6. The molecule has 1 aromatic carbocycles. The molecule has 0 bridgehead atoms. The standard InChI is InChI=1S/C20H26N2O3/c1-14(13-24-2)21-20(23)18-12-19(25-22-18)17-10-8-16(9-11-17)15-6-4-3-5-7-15/h8-12,14-15H,3-7,13H2,1-2H3,(H,21,23)/t14-/m0/s1. The first-order valence-corrected chi connectivity index (χ1v) is 9.04. The largest absolute Gasteiger partial charge is 0.383 e. The van der Waals surface area contributed by atoms with Crippen LogP contribution in [0.15, 0.2) is 34.9 Å². The highest BCUT2D eigenvalue weighted by atomic mass is 16.5. The van der Waals surface area contributed by atoms with Gasteiger partial charge in [0.05, 0.1) is 6.61 Å². The molecule has 1 saturated carbocycles. The van der Waals surface area contributed by atoms with Gasteiger partial charge in [-0.2, -0.15) is 0 Å². The minimum absolute atomic E-state index is 0.0765. The Kier molecular flexibility index (Phi) is 5.87. The fourth-order valence-electron chi connectivity index (χ4n) is 3.46. The summed E-state index contributed by atoms with van der Waals surface area (Å²) in [5.74, 6) is 1.04. The van der Waals surface area contributed by atoms with Gasteiger partial charge >= 0.3 is 0 Å². The minimum atomic E-state index is -0.252. The quantitative estimate of drug-likeness (QED) is 0.856. The molecule has 0 unspecified atom stereocenters. The van der Waals surface area contributed by atoms with Crippen molar-refractivity contribution in [3.63, 3.8) is 0 Å². The Morgan fingerprint density at radius 3 is 2.68 bits per heavy atom. The van der Waals surface area contributed by atoms with E-state index in [2.05, 4.69) is 34.7 Å². The van der Waals surface area contributed by atoms with Crippen LogP contribution < -0.4 is 5.32 Å². The summed E-state index contributed by atoms with van der Waals surface area (Å²) in [5, 5.41) is 6.72. The fraction of sp³-hybridized carbons (Fsp3) is 0.500. The van der Waals surface area contributed by atoms with Crippen LogP contribution in [0.3, 0.4) is 0 Å². The number of nitrogens with one attached hydrogen (secondary N) is 1. The van der Waals surface area contributed by atoms with E-state index in [9.17, 15) is 4.79 Å². The zero-order chi connectivity index (χ0) is 17.6. The van der Waals surface area contributed by atoms with Crippen molar-refractivity contribution in [1.29, 1.82) is 0 Å². The summed E-state index contributed by atoms with van der Waals surface area (Å²) >= 11 is 0. The van der Waals surface area contributed by atoms with E-state index in [-0.39, 0.29) is 17.6 Å². The number of carbonyl (C=O) groups excluding carboxylic acids is 1. The first-order valence-electron chi connectivity index (χ1n) is 9.04. The smallest absolute Gasteiger partial charge is 0.273 e. The summed E-state index contributed by atoms with van der Waals surface area (Å²) in [6.45, 7) is 2.34. The van der Waals surface area contributed by atoms with Gasteiger partial charge in [0, 0.05) is 24.8 Å². The van der Waals surface area contributed by atoms with Crippen molar-refractivity contribution in [2.45, 2.75) is 51.0 Å². The van der Waals surface area contributed by atoms with E-state index in [4.69, 9.17) is 9.26 Å². The maximum absolute atomic E-state index is 12.1. The van der Waals surface area contributed by atoms with Gasteiger partial charge in [-0.25, -0.2) is 0 Å². The number of methoxy groups -OCH3 is 1. The van der Waals surface area contributed by atoms with Crippen molar-refractivity contribution < 1.29 is 14.1 Å². The van der Waals surface area contributed by atoms with Crippen LogP contribution >= 0.6 is 0 Å². The Balaban J connectivity index is 1.66. The maximum Gasteiger partial charge on any atom is 0.273 e. The Morgan fingerprint density at radius 2 is 2.00 bits per heavy atom. The second-order valence-electron chi connectivity index (χ2n) is 6.86. The molecule has 1 fully saturated rings. The van der Waals surface area contributed by atoms with Gasteiger partial charge in [0.1, 0.15) is 0 Å². The molecule has 3 rings (SSSR count). The average Bonchev–Trinajstić information content (AvgIpc) is 3.13. The van der Waals surface area contributed by atoms with Crippen molar-refractivity contribution in [2.24, 2.45) is 0 Å². The van der Waals surface area contributed by atoms with Gasteiger partial charge in [-0.15, -0.1) is 0 Å². The van der Waals surface area contributed by atoms with E-state index in [1.807, 2.05) is 6.92 Å². The van der Waals surface area contributed by atoms with Crippen LogP contribution in [0.4, 0.5) is 0 Å². The molecular weight excluding hydrogens is 316 g/mol. The van der Waals surface area contributed by atoms with Crippen LogP contribution in [0.2, 0.25) is 0 Å². The Bertz CT molecular complexity index is 687. The van der Waals surface area contributed by atoms with Crippen molar-refractivity contribution in [3.05, 3.63) is 41.6 Å². The number of ether oxygens (including phenoxy) is 1. The molecule has 134 valence electrons. The van der Waals surface area contributed by atoms with E-state index in [0.29, 0.717) is 18.3 Å². The number of carbonyl (C=O) groups is 1. The summed E-state index contributed by atoms with van der Waals surface area (Å²) in [4.78, 5) is 12.1. The molecule has 1 atom stereocenters. The van der Waals surface area contributed by atoms with Gasteiger partial charge in [0.25, 0.3) is 5.91 Å². The molecule has 1 heterocycles. The van der Waals surface area contributed by atoms with Crippen LogP contribution in [-0.4, -0.2) is 30.8 Å². The minimum Gasteiger partial charge on any atom is -0.383 e. The maximum atomic E-state index is 12.1. The SMILES string of the molecule is COC[C@H](C)NC(=O)c1cc(-c2ccc(C3CCCCC3)cc2)on1. The van der Waals surface area contributed by atoms with Crippen LogP contribution in [0.25, 0.3) is 11.3 Å². The zero-order valence-corrected chi connectivity index (χ0v) is 15.0. The lowest BCUT2D eigenvalue weighted by Crippen LogP contribution is -2.35. The van der Waals surface area contributed by atoms with Gasteiger partial charge in [0.15, 0.2) is 11.5 Å². The van der Waals surface area contributed by atoms with Gasteiger partial charge < -0.3 is 14.6 Å². The zero-order valence-electron chi connectivity index (χ0n) is 15.0. The van der Waals surface area contributed by atoms with Gasteiger partial charge in [-0.3, -0.25) is 4.79 Å². The molecule has 5 heteroatoms. The molecule has 5 nitrogen and oxygen atoms in total. The highest BCUT2D eigenvalue weighted by Crippen LogP contribution is 2.33. The average molecular weight is 342 g/mol. The second-order valence-corrected chi connectivity index (χ2v) is 6.86. The monoisotopic (exact) mass is 342 g/mol. The van der Waals surface area contributed by atoms with E-state index >= 15 is 0 Å². The van der Waals surface area contributed by atoms with Crippen molar-refractivity contribution in [1.82, 2.24) is 10.5 Å². The van der Waals surface area contributed by atoms with E-state index in [1.54, 1.807) is 13.2 Å². The summed E-state index contributed by atoms with van der Waals surface area (Å²) in [5.41, 5.74) is 2.62. The topological polar surface area (TPSA) is 64.4 Å². The molecule has 1 aliphatic carbocycles. The third-order valence-electron chi connectivity index (χ3n) is 4.81. The molecule has 1 N–H and O–H groups in total. The second kappa shape index (κ2) is 8.30. The Hall–Kier alpha value is -2.14. The number of aromatic nitrogens is 1. The molecule has 0 radical (unpaired) electrons. The molecule has 1 aliphatic rings. The number of nitrogens with zero attached hydrogens (tertiary/aromatic N) is 1. The highest BCUT2D eigenvalue weighted by Gasteiger charge is 2.17. The third kappa shape index (κ3) is 4.48. The van der Waals surface area contributed by atoms with Crippen LogP contribution in [0, 0.1) is 0 Å². The van der Waals surface area contributed by atoms with E-state index < -0.39 is 0 Å². The summed E-state index contributed by atoms with van der Waals surface area (Å²) in [6.07, 6.45) is 6.58.